The van der Waals surface area contributed by atoms with E-state index in [1.807, 2.05) is 54.1 Å². The molecule has 0 amide bonds. The Morgan fingerprint density at radius 2 is 1.69 bits per heavy atom. The summed E-state index contributed by atoms with van der Waals surface area (Å²) in [6.45, 7) is 1.94. The molecule has 0 aliphatic carbocycles. The summed E-state index contributed by atoms with van der Waals surface area (Å²) in [6, 6.07) is 22.5. The highest BCUT2D eigenvalue weighted by atomic mass is 32.2. The number of aryl methyl sites for hydroxylation is 1. The number of hydrogen-bond donors (Lipinski definition) is 0. The van der Waals surface area contributed by atoms with E-state index >= 15 is 0 Å². The van der Waals surface area contributed by atoms with Crippen LogP contribution in [0.3, 0.4) is 0 Å². The van der Waals surface area contributed by atoms with Crippen LogP contribution in [-0.4, -0.2) is 14.9 Å². The molecule has 4 nitrogen and oxygen atoms in total. The van der Waals surface area contributed by atoms with Gasteiger partial charge in [0.1, 0.15) is 5.76 Å². The van der Waals surface area contributed by atoms with E-state index in [2.05, 4.69) is 35.6 Å². The van der Waals surface area contributed by atoms with Gasteiger partial charge in [0, 0.05) is 29.1 Å². The Morgan fingerprint density at radius 3 is 2.38 bits per heavy atom. The third-order valence-electron chi connectivity index (χ3n) is 4.04. The van der Waals surface area contributed by atoms with E-state index in [4.69, 9.17) is 9.62 Å². The molecular formula is C21H19N3OS. The summed E-state index contributed by atoms with van der Waals surface area (Å²) in [5, 5.41) is 8.79. The van der Waals surface area contributed by atoms with Gasteiger partial charge in [-0.15, -0.1) is 11.8 Å². The number of nitrogens with zero attached hydrogens (tertiary/aromatic N) is 3. The fourth-order valence-corrected chi connectivity index (χ4v) is 3.68. The Hall–Kier alpha value is -2.79. The smallest absolute Gasteiger partial charge is 0.146 e. The summed E-state index contributed by atoms with van der Waals surface area (Å²) in [5.74, 6) is 2.56. The molecule has 0 atom stereocenters. The van der Waals surface area contributed by atoms with E-state index in [-0.39, 0.29) is 0 Å². The van der Waals surface area contributed by atoms with Gasteiger partial charge in [0.25, 0.3) is 0 Å². The van der Waals surface area contributed by atoms with Gasteiger partial charge in [-0.2, -0.15) is 5.10 Å². The SMILES string of the molecule is Cc1cc(CSCc2cn(-c3ccccc3)nc2-c2ccccc2)on1. The van der Waals surface area contributed by atoms with Crippen LogP contribution in [0, 0.1) is 6.92 Å². The maximum atomic E-state index is 5.30. The average Bonchev–Trinajstić information content (AvgIpc) is 3.30. The Morgan fingerprint density at radius 1 is 0.962 bits per heavy atom. The van der Waals surface area contributed by atoms with Gasteiger partial charge >= 0.3 is 0 Å². The van der Waals surface area contributed by atoms with Crippen LogP contribution < -0.4 is 0 Å². The first kappa shape index (κ1) is 16.7. The largest absolute Gasteiger partial charge is 0.360 e. The highest BCUT2D eigenvalue weighted by molar-refractivity contribution is 7.97. The lowest BCUT2D eigenvalue weighted by Crippen LogP contribution is -1.93. The molecule has 0 saturated carbocycles. The molecule has 0 N–H and O–H groups in total. The average molecular weight is 361 g/mol. The van der Waals surface area contributed by atoms with Crippen molar-refractivity contribution in [1.82, 2.24) is 14.9 Å². The number of thioether (sulfide) groups is 1. The molecule has 0 aliphatic heterocycles. The first-order chi connectivity index (χ1) is 12.8. The highest BCUT2D eigenvalue weighted by Gasteiger charge is 2.13. The third kappa shape index (κ3) is 3.73. The lowest BCUT2D eigenvalue weighted by Gasteiger charge is -2.01. The summed E-state index contributed by atoms with van der Waals surface area (Å²) in [5.41, 5.74) is 5.35. The molecule has 2 aromatic carbocycles. The minimum absolute atomic E-state index is 0.797. The highest BCUT2D eigenvalue weighted by Crippen LogP contribution is 2.28. The predicted molar refractivity (Wildman–Crippen MR) is 105 cm³/mol. The van der Waals surface area contributed by atoms with Crippen molar-refractivity contribution >= 4 is 11.8 Å². The van der Waals surface area contributed by atoms with Gasteiger partial charge in [0.15, 0.2) is 0 Å². The fourth-order valence-electron chi connectivity index (χ4n) is 2.81. The molecule has 130 valence electrons. The number of hydrogen-bond acceptors (Lipinski definition) is 4. The van der Waals surface area contributed by atoms with Crippen LogP contribution in [0.4, 0.5) is 0 Å². The Labute approximate surface area is 156 Å². The maximum absolute atomic E-state index is 5.30. The first-order valence-corrected chi connectivity index (χ1v) is 9.64. The van der Waals surface area contributed by atoms with Gasteiger partial charge < -0.3 is 4.52 Å². The minimum Gasteiger partial charge on any atom is -0.360 e. The van der Waals surface area contributed by atoms with Gasteiger partial charge in [-0.05, 0) is 19.1 Å². The number of para-hydroxylation sites is 1. The molecule has 4 aromatic rings. The van der Waals surface area contributed by atoms with Crippen molar-refractivity contribution < 1.29 is 4.52 Å². The summed E-state index contributed by atoms with van der Waals surface area (Å²) >= 11 is 1.80. The zero-order valence-electron chi connectivity index (χ0n) is 14.5. The van der Waals surface area contributed by atoms with Gasteiger partial charge in [-0.25, -0.2) is 4.68 Å². The standard InChI is InChI=1S/C21H19N3OS/c1-16-12-20(25-23-16)15-26-14-18-13-24(19-10-6-3-7-11-19)22-21(18)17-8-4-2-5-9-17/h2-13H,14-15H2,1H3. The Kier molecular flexibility index (Phi) is 4.88. The summed E-state index contributed by atoms with van der Waals surface area (Å²) < 4.78 is 7.26. The van der Waals surface area contributed by atoms with Gasteiger partial charge in [0.05, 0.1) is 22.8 Å². The van der Waals surface area contributed by atoms with Crippen LogP contribution in [0.15, 0.2) is 77.4 Å². The monoisotopic (exact) mass is 361 g/mol. The van der Waals surface area contributed by atoms with Crippen molar-refractivity contribution in [3.05, 3.63) is 89.9 Å². The number of rotatable bonds is 6. The summed E-state index contributed by atoms with van der Waals surface area (Å²) in [7, 11) is 0. The molecule has 0 spiro atoms. The molecule has 0 fully saturated rings. The lowest BCUT2D eigenvalue weighted by atomic mass is 10.1. The topological polar surface area (TPSA) is 43.9 Å². The van der Waals surface area contributed by atoms with Crippen LogP contribution in [-0.2, 0) is 11.5 Å². The van der Waals surface area contributed by atoms with Crippen molar-refractivity contribution in [3.63, 3.8) is 0 Å². The maximum Gasteiger partial charge on any atom is 0.146 e. The predicted octanol–water partition coefficient (Wildman–Crippen LogP) is 5.27. The third-order valence-corrected chi connectivity index (χ3v) is 5.04. The molecule has 0 unspecified atom stereocenters. The Balaban J connectivity index is 1.60. The minimum atomic E-state index is 0.797. The molecule has 26 heavy (non-hydrogen) atoms. The van der Waals surface area contributed by atoms with Gasteiger partial charge in [-0.3, -0.25) is 0 Å². The van der Waals surface area contributed by atoms with Crippen molar-refractivity contribution in [2.45, 2.75) is 18.4 Å². The van der Waals surface area contributed by atoms with E-state index in [9.17, 15) is 0 Å². The number of aromatic nitrogens is 3. The summed E-state index contributed by atoms with van der Waals surface area (Å²) in [6.07, 6.45) is 2.12. The van der Waals surface area contributed by atoms with Crippen molar-refractivity contribution in [2.75, 3.05) is 0 Å². The molecular weight excluding hydrogens is 342 g/mol. The van der Waals surface area contributed by atoms with E-state index < -0.39 is 0 Å². The summed E-state index contributed by atoms with van der Waals surface area (Å²) in [4.78, 5) is 0. The second kappa shape index (κ2) is 7.62. The molecule has 2 aromatic heterocycles. The van der Waals surface area contributed by atoms with Gasteiger partial charge in [0.2, 0.25) is 0 Å². The molecule has 0 aliphatic rings. The van der Waals surface area contributed by atoms with Crippen LogP contribution in [0.25, 0.3) is 16.9 Å². The van der Waals surface area contributed by atoms with Crippen molar-refractivity contribution in [2.24, 2.45) is 0 Å². The fraction of sp³-hybridized carbons (Fsp3) is 0.143. The zero-order chi connectivity index (χ0) is 17.8. The Bertz CT molecular complexity index is 977. The quantitative estimate of drug-likeness (QED) is 0.469. The van der Waals surface area contributed by atoms with Crippen molar-refractivity contribution in [3.8, 4) is 16.9 Å². The molecule has 2 heterocycles. The van der Waals surface area contributed by atoms with Gasteiger partial charge in [-0.1, -0.05) is 53.7 Å². The van der Waals surface area contributed by atoms with E-state index in [0.717, 1.165) is 39.9 Å². The second-order valence-corrected chi connectivity index (χ2v) is 7.06. The molecule has 4 rings (SSSR count). The molecule has 5 heteroatoms. The van der Waals surface area contributed by atoms with E-state index in [0.29, 0.717) is 0 Å². The zero-order valence-corrected chi connectivity index (χ0v) is 15.3. The van der Waals surface area contributed by atoms with Crippen molar-refractivity contribution in [1.29, 1.82) is 0 Å². The second-order valence-electron chi connectivity index (χ2n) is 6.08. The molecule has 0 radical (unpaired) electrons. The molecule has 0 bridgehead atoms. The van der Waals surface area contributed by atoms with E-state index in [1.54, 1.807) is 11.8 Å². The lowest BCUT2D eigenvalue weighted by molar-refractivity contribution is 0.391. The van der Waals surface area contributed by atoms with Crippen LogP contribution in [0.5, 0.6) is 0 Å². The normalized spacial score (nSPS) is 11.0. The van der Waals surface area contributed by atoms with Crippen LogP contribution in [0.1, 0.15) is 17.0 Å². The van der Waals surface area contributed by atoms with Crippen LogP contribution >= 0.6 is 11.8 Å². The molecule has 0 saturated heterocycles. The van der Waals surface area contributed by atoms with E-state index in [1.165, 1.54) is 5.56 Å². The number of benzene rings is 2. The van der Waals surface area contributed by atoms with Crippen LogP contribution in [0.2, 0.25) is 0 Å². The first-order valence-electron chi connectivity index (χ1n) is 8.49.